The molecule has 0 radical (unpaired) electrons. The number of carbonyl (C=O) groups is 1. The average Bonchev–Trinajstić information content (AvgIpc) is 3.24. The second-order valence-corrected chi connectivity index (χ2v) is 7.24. The van der Waals surface area contributed by atoms with Gasteiger partial charge in [0.15, 0.2) is 5.82 Å². The van der Waals surface area contributed by atoms with E-state index < -0.39 is 5.91 Å². The molecule has 0 unspecified atom stereocenters. The molecule has 4 aromatic rings. The van der Waals surface area contributed by atoms with Gasteiger partial charge in [0.05, 0.1) is 39.9 Å². The molecule has 6 nitrogen and oxygen atoms in total. The van der Waals surface area contributed by atoms with Gasteiger partial charge in [-0.15, -0.1) is 4.80 Å². The van der Waals surface area contributed by atoms with Crippen LogP contribution in [-0.4, -0.2) is 25.9 Å². The van der Waals surface area contributed by atoms with Crippen molar-refractivity contribution in [1.29, 1.82) is 0 Å². The first-order chi connectivity index (χ1) is 14.4. The van der Waals surface area contributed by atoms with E-state index in [1.54, 1.807) is 43.3 Å². The number of amides is 1. The van der Waals surface area contributed by atoms with Crippen molar-refractivity contribution in [3.8, 4) is 16.9 Å². The number of hydrogen-bond donors (Lipinski definition) is 1. The van der Waals surface area contributed by atoms with E-state index in [1.807, 2.05) is 0 Å². The van der Waals surface area contributed by atoms with Crippen LogP contribution in [0.15, 0.2) is 61.1 Å². The van der Waals surface area contributed by atoms with Crippen LogP contribution in [0.3, 0.4) is 0 Å². The van der Waals surface area contributed by atoms with Gasteiger partial charge >= 0.3 is 0 Å². The first kappa shape index (κ1) is 20.0. The number of pyridine rings is 1. The second-order valence-electron chi connectivity index (χ2n) is 6.43. The van der Waals surface area contributed by atoms with Crippen LogP contribution < -0.4 is 5.32 Å². The summed E-state index contributed by atoms with van der Waals surface area (Å²) in [6.07, 6.45) is 4.45. The van der Waals surface area contributed by atoms with Crippen molar-refractivity contribution in [3.05, 3.63) is 88.0 Å². The number of nitrogens with one attached hydrogen (secondary N) is 1. The zero-order valence-electron chi connectivity index (χ0n) is 15.6. The summed E-state index contributed by atoms with van der Waals surface area (Å²) < 4.78 is 14.2. The maximum atomic E-state index is 14.2. The van der Waals surface area contributed by atoms with Gasteiger partial charge in [0.25, 0.3) is 5.91 Å². The zero-order chi connectivity index (χ0) is 21.3. The van der Waals surface area contributed by atoms with Crippen LogP contribution in [0.25, 0.3) is 16.9 Å². The topological polar surface area (TPSA) is 72.7 Å². The highest BCUT2D eigenvalue weighted by atomic mass is 35.5. The molecule has 2 aromatic heterocycles. The number of benzene rings is 2. The highest BCUT2D eigenvalue weighted by Crippen LogP contribution is 2.31. The fourth-order valence-corrected chi connectivity index (χ4v) is 3.49. The van der Waals surface area contributed by atoms with E-state index in [4.69, 9.17) is 23.2 Å². The third-order valence-corrected chi connectivity index (χ3v) is 5.00. The number of rotatable bonds is 4. The summed E-state index contributed by atoms with van der Waals surface area (Å²) >= 11 is 12.6. The number of carbonyl (C=O) groups excluding carboxylic acids is 1. The lowest BCUT2D eigenvalue weighted by Gasteiger charge is -2.13. The summed E-state index contributed by atoms with van der Waals surface area (Å²) in [7, 11) is 0. The third kappa shape index (κ3) is 3.90. The summed E-state index contributed by atoms with van der Waals surface area (Å²) in [6.45, 7) is 1.79. The van der Waals surface area contributed by atoms with E-state index >= 15 is 0 Å². The SMILES string of the molecule is Cc1cc(C(=O)Nc2cnc(-n3nccn3)c(Cl)c2)c(Cl)cc1-c1ccccc1F. The molecular weight excluding hydrogens is 428 g/mol. The first-order valence-corrected chi connectivity index (χ1v) is 9.58. The Hall–Kier alpha value is -3.29. The van der Waals surface area contributed by atoms with Gasteiger partial charge in [0, 0.05) is 5.56 Å². The van der Waals surface area contributed by atoms with E-state index in [-0.39, 0.29) is 21.4 Å². The number of nitrogens with zero attached hydrogens (tertiary/aromatic N) is 4. The van der Waals surface area contributed by atoms with Crippen molar-refractivity contribution >= 4 is 34.8 Å². The van der Waals surface area contributed by atoms with Gasteiger partial charge in [-0.1, -0.05) is 41.4 Å². The zero-order valence-corrected chi connectivity index (χ0v) is 17.1. The Morgan fingerprint density at radius 3 is 2.47 bits per heavy atom. The van der Waals surface area contributed by atoms with Crippen molar-refractivity contribution in [1.82, 2.24) is 20.0 Å². The highest BCUT2D eigenvalue weighted by molar-refractivity contribution is 6.35. The Bertz CT molecular complexity index is 1240. The van der Waals surface area contributed by atoms with E-state index in [2.05, 4.69) is 20.5 Å². The van der Waals surface area contributed by atoms with Crippen molar-refractivity contribution in [2.75, 3.05) is 5.32 Å². The van der Waals surface area contributed by atoms with Gasteiger partial charge < -0.3 is 5.32 Å². The van der Waals surface area contributed by atoms with Crippen molar-refractivity contribution in [2.45, 2.75) is 6.92 Å². The molecule has 0 fully saturated rings. The lowest BCUT2D eigenvalue weighted by atomic mass is 9.97. The van der Waals surface area contributed by atoms with Crippen LogP contribution in [-0.2, 0) is 0 Å². The van der Waals surface area contributed by atoms with Crippen LogP contribution in [0.4, 0.5) is 10.1 Å². The predicted molar refractivity (Wildman–Crippen MR) is 114 cm³/mol. The molecule has 0 bridgehead atoms. The number of anilines is 1. The summed E-state index contributed by atoms with van der Waals surface area (Å²) in [5.74, 6) is -0.463. The molecule has 30 heavy (non-hydrogen) atoms. The quantitative estimate of drug-likeness (QED) is 0.464. The Kier molecular flexibility index (Phi) is 5.48. The molecule has 0 spiro atoms. The standard InChI is InChI=1S/C21H14Cl2FN5O/c1-12-8-16(17(22)10-15(12)14-4-2-3-5-19(14)24)21(30)28-13-9-18(23)20(25-11-13)29-26-6-7-27-29/h2-11H,1H3,(H,28,30). The monoisotopic (exact) mass is 441 g/mol. The molecular formula is C21H14Cl2FN5O. The number of aryl methyl sites for hydroxylation is 1. The average molecular weight is 442 g/mol. The number of aromatic nitrogens is 4. The summed E-state index contributed by atoms with van der Waals surface area (Å²) in [5, 5.41) is 11.1. The maximum absolute atomic E-state index is 14.2. The molecule has 1 N–H and O–H groups in total. The molecule has 0 aliphatic carbocycles. The van der Waals surface area contributed by atoms with Gasteiger partial charge in [-0.25, -0.2) is 9.37 Å². The van der Waals surface area contributed by atoms with E-state index in [1.165, 1.54) is 29.5 Å². The summed E-state index contributed by atoms with van der Waals surface area (Å²) in [6, 6.07) is 11.1. The number of hydrogen-bond acceptors (Lipinski definition) is 4. The Morgan fingerprint density at radius 2 is 1.77 bits per heavy atom. The fourth-order valence-electron chi connectivity index (χ4n) is 3.00. The van der Waals surface area contributed by atoms with Gasteiger partial charge in [-0.2, -0.15) is 10.2 Å². The van der Waals surface area contributed by atoms with Crippen LogP contribution in [0, 0.1) is 12.7 Å². The van der Waals surface area contributed by atoms with Crippen LogP contribution in [0.2, 0.25) is 10.0 Å². The minimum Gasteiger partial charge on any atom is -0.320 e. The molecule has 0 saturated carbocycles. The highest BCUT2D eigenvalue weighted by Gasteiger charge is 2.17. The largest absolute Gasteiger partial charge is 0.320 e. The second kappa shape index (κ2) is 8.22. The minimum atomic E-state index is -0.439. The Balaban J connectivity index is 1.60. The van der Waals surface area contributed by atoms with Gasteiger partial charge in [-0.05, 0) is 42.3 Å². The van der Waals surface area contributed by atoms with Gasteiger partial charge in [-0.3, -0.25) is 4.79 Å². The minimum absolute atomic E-state index is 0.202. The van der Waals surface area contributed by atoms with E-state index in [0.717, 1.165) is 0 Å². The molecule has 0 aliphatic rings. The predicted octanol–water partition coefficient (Wildman–Crippen LogP) is 5.34. The van der Waals surface area contributed by atoms with Crippen molar-refractivity contribution in [3.63, 3.8) is 0 Å². The van der Waals surface area contributed by atoms with E-state index in [0.29, 0.717) is 28.2 Å². The normalized spacial score (nSPS) is 10.8. The molecule has 0 atom stereocenters. The molecule has 4 rings (SSSR count). The van der Waals surface area contributed by atoms with Crippen molar-refractivity contribution < 1.29 is 9.18 Å². The van der Waals surface area contributed by atoms with Gasteiger partial charge in [0.2, 0.25) is 0 Å². The van der Waals surface area contributed by atoms with Crippen LogP contribution >= 0.6 is 23.2 Å². The summed E-state index contributed by atoms with van der Waals surface area (Å²) in [5.41, 5.74) is 2.39. The first-order valence-electron chi connectivity index (χ1n) is 8.82. The molecule has 150 valence electrons. The lowest BCUT2D eigenvalue weighted by molar-refractivity contribution is 0.102. The molecule has 0 aliphatic heterocycles. The Morgan fingerprint density at radius 1 is 1.03 bits per heavy atom. The maximum Gasteiger partial charge on any atom is 0.257 e. The molecule has 1 amide bonds. The molecule has 2 aromatic carbocycles. The lowest BCUT2D eigenvalue weighted by Crippen LogP contribution is -2.14. The fraction of sp³-hybridized carbons (Fsp3) is 0.0476. The number of halogens is 3. The van der Waals surface area contributed by atoms with E-state index in [9.17, 15) is 9.18 Å². The molecule has 9 heteroatoms. The van der Waals surface area contributed by atoms with Crippen molar-refractivity contribution in [2.24, 2.45) is 0 Å². The van der Waals surface area contributed by atoms with Crippen LogP contribution in [0.5, 0.6) is 0 Å². The Labute approximate surface area is 181 Å². The molecule has 0 saturated heterocycles. The van der Waals surface area contributed by atoms with Crippen LogP contribution in [0.1, 0.15) is 15.9 Å². The summed E-state index contributed by atoms with van der Waals surface area (Å²) in [4.78, 5) is 18.2. The molecule has 2 heterocycles. The smallest absolute Gasteiger partial charge is 0.257 e. The van der Waals surface area contributed by atoms with Gasteiger partial charge in [0.1, 0.15) is 5.82 Å². The third-order valence-electron chi connectivity index (χ3n) is 4.41.